The van der Waals surface area contributed by atoms with Gasteiger partial charge in [0.2, 0.25) is 0 Å². The van der Waals surface area contributed by atoms with Gasteiger partial charge in [0.15, 0.2) is 11.5 Å². The molecule has 1 amide bonds. The fraction of sp³-hybridized carbons (Fsp3) is 0.250. The Balaban J connectivity index is 2.30. The standard InChI is InChI=1S/C16H17NO4/c1-3-4-13(18)14-15(19)12(17-16(14)20)9-10-5-7-11(21-2)8-6-10/h5-9,19H,3-4H2,1-2H3,(H,17,20)/b12-9-. The van der Waals surface area contributed by atoms with Gasteiger partial charge in [0.25, 0.3) is 5.91 Å². The maximum atomic E-state index is 11.8. The Hall–Kier alpha value is -2.56. The number of nitrogens with one attached hydrogen (secondary N) is 1. The van der Waals surface area contributed by atoms with Gasteiger partial charge < -0.3 is 15.2 Å². The normalized spacial score (nSPS) is 16.3. The Kier molecular flexibility index (Phi) is 4.42. The van der Waals surface area contributed by atoms with Gasteiger partial charge in [-0.2, -0.15) is 0 Å². The largest absolute Gasteiger partial charge is 0.505 e. The van der Waals surface area contributed by atoms with Crippen LogP contribution in [0.5, 0.6) is 5.75 Å². The number of aliphatic hydroxyl groups excluding tert-OH is 1. The van der Waals surface area contributed by atoms with E-state index in [-0.39, 0.29) is 29.2 Å². The fourth-order valence-corrected chi connectivity index (χ4v) is 2.07. The monoisotopic (exact) mass is 287 g/mol. The Morgan fingerprint density at radius 1 is 1.33 bits per heavy atom. The van der Waals surface area contributed by atoms with E-state index in [0.29, 0.717) is 12.2 Å². The molecule has 1 aliphatic heterocycles. The molecule has 5 nitrogen and oxygen atoms in total. The van der Waals surface area contributed by atoms with Crippen molar-refractivity contribution < 1.29 is 19.4 Å². The highest BCUT2D eigenvalue weighted by Crippen LogP contribution is 2.23. The molecule has 1 aliphatic rings. The van der Waals surface area contributed by atoms with Crippen molar-refractivity contribution in [1.29, 1.82) is 0 Å². The van der Waals surface area contributed by atoms with Gasteiger partial charge in [-0.3, -0.25) is 9.59 Å². The number of carbonyl (C=O) groups is 2. The lowest BCUT2D eigenvalue weighted by atomic mass is 10.1. The van der Waals surface area contributed by atoms with Crippen molar-refractivity contribution in [2.24, 2.45) is 0 Å². The average Bonchev–Trinajstić information content (AvgIpc) is 2.74. The molecule has 1 heterocycles. The van der Waals surface area contributed by atoms with Crippen molar-refractivity contribution in [3.8, 4) is 5.75 Å². The summed E-state index contributed by atoms with van der Waals surface area (Å²) in [6, 6.07) is 7.12. The topological polar surface area (TPSA) is 75.6 Å². The predicted molar refractivity (Wildman–Crippen MR) is 78.7 cm³/mol. The highest BCUT2D eigenvalue weighted by atomic mass is 16.5. The number of amides is 1. The maximum absolute atomic E-state index is 11.8. The molecule has 0 atom stereocenters. The first-order chi connectivity index (χ1) is 10.1. The number of hydrogen-bond donors (Lipinski definition) is 2. The van der Waals surface area contributed by atoms with Crippen molar-refractivity contribution >= 4 is 17.8 Å². The van der Waals surface area contributed by atoms with Gasteiger partial charge >= 0.3 is 0 Å². The van der Waals surface area contributed by atoms with E-state index in [1.165, 1.54) is 0 Å². The van der Waals surface area contributed by atoms with Gasteiger partial charge in [-0.1, -0.05) is 19.1 Å². The van der Waals surface area contributed by atoms with Crippen molar-refractivity contribution in [3.63, 3.8) is 0 Å². The molecule has 0 spiro atoms. The summed E-state index contributed by atoms with van der Waals surface area (Å²) >= 11 is 0. The average molecular weight is 287 g/mol. The Morgan fingerprint density at radius 3 is 2.57 bits per heavy atom. The van der Waals surface area contributed by atoms with E-state index in [1.54, 1.807) is 37.5 Å². The Bertz CT molecular complexity index is 626. The minimum atomic E-state index is -0.550. The SMILES string of the molecule is CCCC(=O)C1=C(O)/C(=C/c2ccc(OC)cc2)NC1=O. The zero-order valence-electron chi connectivity index (χ0n) is 12.0. The summed E-state index contributed by atoms with van der Waals surface area (Å²) in [5.74, 6) is -0.461. The van der Waals surface area contributed by atoms with E-state index < -0.39 is 5.91 Å². The second-order valence-corrected chi connectivity index (χ2v) is 4.68. The summed E-state index contributed by atoms with van der Waals surface area (Å²) in [5, 5.41) is 12.6. The lowest BCUT2D eigenvalue weighted by Crippen LogP contribution is -2.20. The van der Waals surface area contributed by atoms with E-state index in [1.807, 2.05) is 6.92 Å². The van der Waals surface area contributed by atoms with Gasteiger partial charge in [0, 0.05) is 6.42 Å². The minimum absolute atomic E-state index is 0.156. The second-order valence-electron chi connectivity index (χ2n) is 4.68. The number of aliphatic hydroxyl groups is 1. The molecule has 1 aromatic carbocycles. The molecule has 0 saturated heterocycles. The van der Waals surface area contributed by atoms with Crippen LogP contribution in [-0.2, 0) is 9.59 Å². The number of benzene rings is 1. The smallest absolute Gasteiger partial charge is 0.263 e. The Morgan fingerprint density at radius 2 is 2.00 bits per heavy atom. The summed E-state index contributed by atoms with van der Waals surface area (Å²) in [4.78, 5) is 23.6. The third-order valence-electron chi connectivity index (χ3n) is 3.15. The molecular formula is C16H17NO4. The van der Waals surface area contributed by atoms with E-state index in [4.69, 9.17) is 4.74 Å². The van der Waals surface area contributed by atoms with Crippen LogP contribution >= 0.6 is 0 Å². The highest BCUT2D eigenvalue weighted by molar-refractivity contribution is 6.22. The van der Waals surface area contributed by atoms with Crippen LogP contribution in [-0.4, -0.2) is 23.9 Å². The fourth-order valence-electron chi connectivity index (χ4n) is 2.07. The molecule has 0 unspecified atom stereocenters. The van der Waals surface area contributed by atoms with E-state index in [9.17, 15) is 14.7 Å². The number of methoxy groups -OCH3 is 1. The molecule has 0 saturated carbocycles. The van der Waals surface area contributed by atoms with Gasteiger partial charge in [0.05, 0.1) is 12.8 Å². The molecule has 0 radical (unpaired) electrons. The number of carbonyl (C=O) groups excluding carboxylic acids is 2. The van der Waals surface area contributed by atoms with Gasteiger partial charge in [0.1, 0.15) is 11.3 Å². The number of hydrogen-bond acceptors (Lipinski definition) is 4. The quantitative estimate of drug-likeness (QED) is 0.815. The zero-order chi connectivity index (χ0) is 15.4. The Labute approximate surface area is 122 Å². The summed E-state index contributed by atoms with van der Waals surface area (Å²) in [7, 11) is 1.57. The first kappa shape index (κ1) is 14.8. The molecule has 2 rings (SSSR count). The first-order valence-electron chi connectivity index (χ1n) is 6.70. The van der Waals surface area contributed by atoms with Gasteiger partial charge in [-0.15, -0.1) is 0 Å². The highest BCUT2D eigenvalue weighted by Gasteiger charge is 2.31. The third kappa shape index (κ3) is 3.13. The lowest BCUT2D eigenvalue weighted by Gasteiger charge is -2.01. The molecule has 5 heteroatoms. The van der Waals surface area contributed by atoms with Crippen LogP contribution in [0.25, 0.3) is 6.08 Å². The number of ketones is 1. The molecule has 0 aliphatic carbocycles. The lowest BCUT2D eigenvalue weighted by molar-refractivity contribution is -0.121. The molecule has 1 aromatic rings. The van der Waals surface area contributed by atoms with E-state index >= 15 is 0 Å². The number of Topliss-reactive ketones (excluding diaryl/α,β-unsaturated/α-hetero) is 1. The summed E-state index contributed by atoms with van der Waals surface area (Å²) < 4.78 is 5.06. The van der Waals surface area contributed by atoms with Crippen LogP contribution < -0.4 is 10.1 Å². The van der Waals surface area contributed by atoms with Crippen molar-refractivity contribution in [3.05, 3.63) is 46.9 Å². The third-order valence-corrected chi connectivity index (χ3v) is 3.15. The summed E-state index contributed by atoms with van der Waals surface area (Å²) in [5.41, 5.74) is 0.864. The van der Waals surface area contributed by atoms with Crippen LogP contribution in [0, 0.1) is 0 Å². The van der Waals surface area contributed by atoms with E-state index in [0.717, 1.165) is 5.56 Å². The maximum Gasteiger partial charge on any atom is 0.263 e. The molecular weight excluding hydrogens is 270 g/mol. The molecule has 110 valence electrons. The van der Waals surface area contributed by atoms with Crippen LogP contribution in [0.4, 0.5) is 0 Å². The molecule has 0 aromatic heterocycles. The second kappa shape index (κ2) is 6.26. The van der Waals surface area contributed by atoms with Crippen LogP contribution in [0.3, 0.4) is 0 Å². The minimum Gasteiger partial charge on any atom is -0.505 e. The van der Waals surface area contributed by atoms with Crippen molar-refractivity contribution in [1.82, 2.24) is 5.32 Å². The summed E-state index contributed by atoms with van der Waals surface area (Å²) in [6.45, 7) is 1.84. The van der Waals surface area contributed by atoms with Gasteiger partial charge in [-0.25, -0.2) is 0 Å². The van der Waals surface area contributed by atoms with E-state index in [2.05, 4.69) is 5.32 Å². The van der Waals surface area contributed by atoms with Crippen LogP contribution in [0.1, 0.15) is 25.3 Å². The zero-order valence-corrected chi connectivity index (χ0v) is 12.0. The predicted octanol–water partition coefficient (Wildman–Crippen LogP) is 2.35. The number of rotatable bonds is 5. The van der Waals surface area contributed by atoms with Crippen LogP contribution in [0.15, 0.2) is 41.3 Å². The molecule has 21 heavy (non-hydrogen) atoms. The van der Waals surface area contributed by atoms with Gasteiger partial charge in [-0.05, 0) is 30.2 Å². The molecule has 0 bridgehead atoms. The van der Waals surface area contributed by atoms with Crippen molar-refractivity contribution in [2.45, 2.75) is 19.8 Å². The molecule has 2 N–H and O–H groups in total. The molecule has 0 fully saturated rings. The number of ether oxygens (including phenoxy) is 1. The first-order valence-corrected chi connectivity index (χ1v) is 6.70. The van der Waals surface area contributed by atoms with Crippen molar-refractivity contribution in [2.75, 3.05) is 7.11 Å². The van der Waals surface area contributed by atoms with Crippen LogP contribution in [0.2, 0.25) is 0 Å². The summed E-state index contributed by atoms with van der Waals surface area (Å²) in [6.07, 6.45) is 2.47.